The van der Waals surface area contributed by atoms with Crippen molar-refractivity contribution in [3.05, 3.63) is 41.8 Å². The number of hydrogen-bond acceptors (Lipinski definition) is 0. The van der Waals surface area contributed by atoms with Crippen LogP contribution in [0.1, 0.15) is 69.1 Å². The Balaban J connectivity index is 2.56. The summed E-state index contributed by atoms with van der Waals surface area (Å²) in [5, 5.41) is 0. The van der Waals surface area contributed by atoms with Gasteiger partial charge in [0.15, 0.2) is 0 Å². The van der Waals surface area contributed by atoms with E-state index in [2.05, 4.69) is 39.0 Å². The Bertz CT molecular complexity index is 284. The van der Waals surface area contributed by atoms with Crippen molar-refractivity contribution >= 4 is 0 Å². The van der Waals surface area contributed by atoms with E-state index < -0.39 is 0 Å². The highest BCUT2D eigenvalue weighted by Crippen LogP contribution is 2.18. The Morgan fingerprint density at radius 2 is 1.29 bits per heavy atom. The van der Waals surface area contributed by atoms with Crippen molar-refractivity contribution in [2.75, 3.05) is 0 Å². The van der Waals surface area contributed by atoms with Crippen LogP contribution in [-0.4, -0.2) is 0 Å². The zero-order chi connectivity index (χ0) is 12.5. The fourth-order valence-corrected chi connectivity index (χ4v) is 2.29. The predicted molar refractivity (Wildman–Crippen MR) is 77.4 cm³/mol. The van der Waals surface area contributed by atoms with Gasteiger partial charge < -0.3 is 0 Å². The Morgan fingerprint density at radius 1 is 0.824 bits per heavy atom. The summed E-state index contributed by atoms with van der Waals surface area (Å²) in [4.78, 5) is 0. The molecule has 0 aromatic heterocycles. The molecule has 0 fully saturated rings. The SMILES string of the molecule is [CH2]c1c(CCCCC)cccc1CCCCC. The summed E-state index contributed by atoms with van der Waals surface area (Å²) in [6.07, 6.45) is 10.3. The van der Waals surface area contributed by atoms with Crippen LogP contribution in [0.4, 0.5) is 0 Å². The predicted octanol–water partition coefficient (Wildman–Crippen LogP) is 5.33. The van der Waals surface area contributed by atoms with Crippen LogP contribution < -0.4 is 0 Å². The molecule has 0 nitrogen and oxygen atoms in total. The minimum Gasteiger partial charge on any atom is -0.0654 e. The molecule has 17 heavy (non-hydrogen) atoms. The van der Waals surface area contributed by atoms with Crippen molar-refractivity contribution in [3.8, 4) is 0 Å². The van der Waals surface area contributed by atoms with Crippen LogP contribution in [-0.2, 0) is 12.8 Å². The van der Waals surface area contributed by atoms with E-state index in [-0.39, 0.29) is 0 Å². The monoisotopic (exact) mass is 231 g/mol. The Hall–Kier alpha value is -0.780. The van der Waals surface area contributed by atoms with Gasteiger partial charge in [-0.05, 0) is 49.3 Å². The van der Waals surface area contributed by atoms with Crippen LogP contribution in [0.25, 0.3) is 0 Å². The second-order valence-corrected chi connectivity index (χ2v) is 4.97. The van der Waals surface area contributed by atoms with Gasteiger partial charge in [0, 0.05) is 0 Å². The third kappa shape index (κ3) is 4.93. The van der Waals surface area contributed by atoms with Crippen LogP contribution in [0.2, 0.25) is 0 Å². The number of rotatable bonds is 8. The molecule has 1 aromatic rings. The van der Waals surface area contributed by atoms with Crippen molar-refractivity contribution in [2.45, 2.75) is 65.2 Å². The number of hydrogen-bond donors (Lipinski definition) is 0. The highest BCUT2D eigenvalue weighted by molar-refractivity contribution is 5.37. The summed E-state index contributed by atoms with van der Waals surface area (Å²) in [5.74, 6) is 0. The average molecular weight is 231 g/mol. The zero-order valence-corrected chi connectivity index (χ0v) is 11.6. The van der Waals surface area contributed by atoms with Gasteiger partial charge in [-0.2, -0.15) is 0 Å². The third-order valence-electron chi connectivity index (χ3n) is 3.47. The molecule has 0 N–H and O–H groups in total. The summed E-state index contributed by atoms with van der Waals surface area (Å²) in [6, 6.07) is 6.71. The highest BCUT2D eigenvalue weighted by atomic mass is 14.1. The van der Waals surface area contributed by atoms with Crippen LogP contribution in [0.15, 0.2) is 18.2 Å². The maximum Gasteiger partial charge on any atom is -0.0233 e. The highest BCUT2D eigenvalue weighted by Gasteiger charge is 2.03. The van der Waals surface area contributed by atoms with Gasteiger partial charge in [0.05, 0.1) is 0 Å². The Morgan fingerprint density at radius 3 is 1.71 bits per heavy atom. The lowest BCUT2D eigenvalue weighted by Crippen LogP contribution is -1.96. The van der Waals surface area contributed by atoms with E-state index >= 15 is 0 Å². The first kappa shape index (κ1) is 14.3. The second-order valence-electron chi connectivity index (χ2n) is 4.97. The molecule has 1 radical (unpaired) electrons. The molecule has 0 aliphatic heterocycles. The number of benzene rings is 1. The van der Waals surface area contributed by atoms with Crippen molar-refractivity contribution in [2.24, 2.45) is 0 Å². The van der Waals surface area contributed by atoms with Crippen molar-refractivity contribution in [1.29, 1.82) is 0 Å². The van der Waals surface area contributed by atoms with E-state index in [1.165, 1.54) is 68.1 Å². The topological polar surface area (TPSA) is 0 Å². The summed E-state index contributed by atoms with van der Waals surface area (Å²) < 4.78 is 0. The quantitative estimate of drug-likeness (QED) is 0.530. The van der Waals surface area contributed by atoms with E-state index in [1.54, 1.807) is 0 Å². The fourth-order valence-electron chi connectivity index (χ4n) is 2.29. The molecule has 0 heterocycles. The maximum absolute atomic E-state index is 4.28. The standard InChI is InChI=1S/C17H27/c1-4-6-8-11-16-13-10-14-17(15(16)3)12-9-7-5-2/h10,13-14H,3-9,11-12H2,1-2H3. The van der Waals surface area contributed by atoms with E-state index in [0.717, 1.165) is 0 Å². The maximum atomic E-state index is 4.28. The average Bonchev–Trinajstić information content (AvgIpc) is 2.34. The molecule has 0 saturated carbocycles. The molecule has 0 amide bonds. The van der Waals surface area contributed by atoms with Gasteiger partial charge in [-0.1, -0.05) is 57.7 Å². The normalized spacial score (nSPS) is 10.8. The molecule has 0 saturated heterocycles. The number of aryl methyl sites for hydroxylation is 2. The molecular weight excluding hydrogens is 204 g/mol. The fraction of sp³-hybridized carbons (Fsp3) is 0.588. The van der Waals surface area contributed by atoms with E-state index in [1.807, 2.05) is 0 Å². The van der Waals surface area contributed by atoms with Crippen molar-refractivity contribution in [3.63, 3.8) is 0 Å². The van der Waals surface area contributed by atoms with Gasteiger partial charge in [0.1, 0.15) is 0 Å². The summed E-state index contributed by atoms with van der Waals surface area (Å²) in [6.45, 7) is 8.79. The molecule has 0 heteroatoms. The molecule has 0 unspecified atom stereocenters. The van der Waals surface area contributed by atoms with E-state index in [0.29, 0.717) is 0 Å². The first-order chi connectivity index (χ1) is 8.29. The summed E-state index contributed by atoms with van der Waals surface area (Å²) in [5.41, 5.74) is 4.24. The third-order valence-corrected chi connectivity index (χ3v) is 3.47. The van der Waals surface area contributed by atoms with Crippen LogP contribution in [0, 0.1) is 6.92 Å². The molecular formula is C17H27. The molecule has 0 atom stereocenters. The molecule has 1 rings (SSSR count). The molecule has 0 bridgehead atoms. The second kappa shape index (κ2) is 8.33. The minimum atomic E-state index is 1.20. The van der Waals surface area contributed by atoms with Crippen LogP contribution >= 0.6 is 0 Å². The van der Waals surface area contributed by atoms with Gasteiger partial charge in [-0.15, -0.1) is 0 Å². The first-order valence-electron chi connectivity index (χ1n) is 7.22. The van der Waals surface area contributed by atoms with Crippen molar-refractivity contribution in [1.82, 2.24) is 0 Å². The summed E-state index contributed by atoms with van der Waals surface area (Å²) in [7, 11) is 0. The Kier molecular flexibility index (Phi) is 7.00. The van der Waals surface area contributed by atoms with Gasteiger partial charge in [0.2, 0.25) is 0 Å². The zero-order valence-electron chi connectivity index (χ0n) is 11.6. The van der Waals surface area contributed by atoms with Crippen LogP contribution in [0.5, 0.6) is 0 Å². The molecule has 95 valence electrons. The van der Waals surface area contributed by atoms with Gasteiger partial charge in [0.25, 0.3) is 0 Å². The van der Waals surface area contributed by atoms with Gasteiger partial charge in [-0.25, -0.2) is 0 Å². The first-order valence-corrected chi connectivity index (χ1v) is 7.22. The smallest absolute Gasteiger partial charge is 0.0233 e. The van der Waals surface area contributed by atoms with Crippen molar-refractivity contribution < 1.29 is 0 Å². The van der Waals surface area contributed by atoms with E-state index in [4.69, 9.17) is 0 Å². The lowest BCUT2D eigenvalue weighted by atomic mass is 9.95. The molecule has 1 aromatic carbocycles. The molecule has 0 spiro atoms. The Labute approximate surface area is 107 Å². The summed E-state index contributed by atoms with van der Waals surface area (Å²) >= 11 is 0. The van der Waals surface area contributed by atoms with Gasteiger partial charge in [-0.3, -0.25) is 0 Å². The van der Waals surface area contributed by atoms with E-state index in [9.17, 15) is 0 Å². The van der Waals surface area contributed by atoms with Crippen LogP contribution in [0.3, 0.4) is 0 Å². The molecule has 0 aliphatic carbocycles. The molecule has 0 aliphatic rings. The van der Waals surface area contributed by atoms with Gasteiger partial charge >= 0.3 is 0 Å². The number of unbranched alkanes of at least 4 members (excludes halogenated alkanes) is 4. The lowest BCUT2D eigenvalue weighted by molar-refractivity contribution is 0.706. The lowest BCUT2D eigenvalue weighted by Gasteiger charge is -2.11. The largest absolute Gasteiger partial charge is 0.0654 e. The minimum absolute atomic E-state index is 1.20.